The fourth-order valence-corrected chi connectivity index (χ4v) is 2.82. The van der Waals surface area contributed by atoms with Crippen LogP contribution in [0.15, 0.2) is 48.5 Å². The van der Waals surface area contributed by atoms with Gasteiger partial charge in [-0.15, -0.1) is 0 Å². The van der Waals surface area contributed by atoms with Crippen molar-refractivity contribution in [3.63, 3.8) is 0 Å². The first-order valence-corrected chi connectivity index (χ1v) is 8.50. The summed E-state index contributed by atoms with van der Waals surface area (Å²) in [6.45, 7) is 1.16. The van der Waals surface area contributed by atoms with Crippen LogP contribution in [0, 0.1) is 10.1 Å². The molecule has 3 rings (SSSR count). The number of carbonyl (C=O) groups excluding carboxylic acids is 1. The number of cyclic esters (lactones) is 1. The maximum absolute atomic E-state index is 12.1. The van der Waals surface area contributed by atoms with Crippen molar-refractivity contribution in [2.45, 2.75) is 19.1 Å². The van der Waals surface area contributed by atoms with Gasteiger partial charge in [0.2, 0.25) is 0 Å². The standard InChI is InChI=1S/C19H20N2O6/c1-25-13-18-9-10-20(19(22)27-18)15-5-7-17(8-6-15)26-12-14-3-2-4-16(11-14)21(23)24/h2-8,11,18H,9-10,12-13H2,1H3. The van der Waals surface area contributed by atoms with Crippen molar-refractivity contribution in [2.24, 2.45) is 0 Å². The second-order valence-corrected chi connectivity index (χ2v) is 6.11. The van der Waals surface area contributed by atoms with E-state index in [2.05, 4.69) is 0 Å². The van der Waals surface area contributed by atoms with E-state index in [4.69, 9.17) is 14.2 Å². The molecule has 0 aromatic heterocycles. The number of hydrogen-bond donors (Lipinski definition) is 0. The Morgan fingerprint density at radius 1 is 1.26 bits per heavy atom. The number of benzene rings is 2. The molecule has 1 heterocycles. The molecule has 8 nitrogen and oxygen atoms in total. The average molecular weight is 372 g/mol. The molecule has 8 heteroatoms. The summed E-state index contributed by atoms with van der Waals surface area (Å²) in [5.41, 5.74) is 1.46. The molecule has 142 valence electrons. The highest BCUT2D eigenvalue weighted by molar-refractivity contribution is 5.88. The molecule has 1 aliphatic rings. The summed E-state index contributed by atoms with van der Waals surface area (Å²) in [4.78, 5) is 24.1. The van der Waals surface area contributed by atoms with E-state index in [1.807, 2.05) is 0 Å². The van der Waals surface area contributed by atoms with E-state index < -0.39 is 11.0 Å². The van der Waals surface area contributed by atoms with Crippen molar-refractivity contribution >= 4 is 17.5 Å². The Labute approximate surface area is 156 Å². The minimum atomic E-state index is -0.437. The second-order valence-electron chi connectivity index (χ2n) is 6.11. The molecular formula is C19H20N2O6. The van der Waals surface area contributed by atoms with Gasteiger partial charge in [0.15, 0.2) is 0 Å². The summed E-state index contributed by atoms with van der Waals surface area (Å²) in [6, 6.07) is 13.4. The van der Waals surface area contributed by atoms with Crippen LogP contribution in [-0.2, 0) is 16.1 Å². The van der Waals surface area contributed by atoms with Crippen LogP contribution < -0.4 is 9.64 Å². The number of anilines is 1. The van der Waals surface area contributed by atoms with Crippen LogP contribution in [0.2, 0.25) is 0 Å². The maximum Gasteiger partial charge on any atom is 0.414 e. The van der Waals surface area contributed by atoms with Crippen molar-refractivity contribution in [1.82, 2.24) is 0 Å². The third-order valence-electron chi connectivity index (χ3n) is 4.19. The number of non-ortho nitro benzene ring substituents is 1. The molecule has 0 aliphatic carbocycles. The fourth-order valence-electron chi connectivity index (χ4n) is 2.82. The molecule has 2 aromatic rings. The van der Waals surface area contributed by atoms with Gasteiger partial charge in [-0.25, -0.2) is 4.79 Å². The van der Waals surface area contributed by atoms with Crippen molar-refractivity contribution in [1.29, 1.82) is 0 Å². The summed E-state index contributed by atoms with van der Waals surface area (Å²) in [7, 11) is 1.58. The Morgan fingerprint density at radius 3 is 2.70 bits per heavy atom. The van der Waals surface area contributed by atoms with E-state index in [-0.39, 0.29) is 18.4 Å². The highest BCUT2D eigenvalue weighted by atomic mass is 16.6. The fraction of sp³-hybridized carbons (Fsp3) is 0.316. The molecule has 0 bridgehead atoms. The van der Waals surface area contributed by atoms with Crippen LogP contribution in [0.1, 0.15) is 12.0 Å². The lowest BCUT2D eigenvalue weighted by atomic mass is 10.2. The van der Waals surface area contributed by atoms with Gasteiger partial charge in [-0.3, -0.25) is 15.0 Å². The minimum Gasteiger partial charge on any atom is -0.489 e. The number of nitrogens with zero attached hydrogens (tertiary/aromatic N) is 2. The van der Waals surface area contributed by atoms with Crippen LogP contribution in [0.25, 0.3) is 0 Å². The molecule has 2 aromatic carbocycles. The van der Waals surface area contributed by atoms with Gasteiger partial charge in [0.1, 0.15) is 18.5 Å². The number of methoxy groups -OCH3 is 1. The Hall–Kier alpha value is -3.13. The van der Waals surface area contributed by atoms with E-state index in [0.29, 0.717) is 30.9 Å². The molecule has 1 amide bonds. The van der Waals surface area contributed by atoms with Crippen LogP contribution in [0.5, 0.6) is 5.75 Å². The van der Waals surface area contributed by atoms with Gasteiger partial charge in [-0.1, -0.05) is 12.1 Å². The van der Waals surface area contributed by atoms with E-state index in [9.17, 15) is 14.9 Å². The van der Waals surface area contributed by atoms with E-state index in [1.54, 1.807) is 48.4 Å². The number of ether oxygens (including phenoxy) is 3. The monoisotopic (exact) mass is 372 g/mol. The summed E-state index contributed by atoms with van der Waals surface area (Å²) in [6.07, 6.45) is 0.0924. The quantitative estimate of drug-likeness (QED) is 0.545. The zero-order chi connectivity index (χ0) is 19.2. The van der Waals surface area contributed by atoms with Crippen molar-refractivity contribution < 1.29 is 23.9 Å². The summed E-state index contributed by atoms with van der Waals surface area (Å²) in [5, 5.41) is 10.8. The molecular weight excluding hydrogens is 352 g/mol. The Kier molecular flexibility index (Phi) is 5.87. The van der Waals surface area contributed by atoms with Crippen LogP contribution in [0.3, 0.4) is 0 Å². The van der Waals surface area contributed by atoms with Gasteiger partial charge in [-0.05, 0) is 29.8 Å². The van der Waals surface area contributed by atoms with Gasteiger partial charge in [-0.2, -0.15) is 0 Å². The molecule has 0 radical (unpaired) electrons. The zero-order valence-electron chi connectivity index (χ0n) is 14.9. The van der Waals surface area contributed by atoms with E-state index in [0.717, 1.165) is 5.69 Å². The Bertz CT molecular complexity index is 808. The predicted molar refractivity (Wildman–Crippen MR) is 98.0 cm³/mol. The van der Waals surface area contributed by atoms with Crippen molar-refractivity contribution in [3.05, 3.63) is 64.2 Å². The highest BCUT2D eigenvalue weighted by Crippen LogP contribution is 2.24. The SMILES string of the molecule is COCC1CCN(c2ccc(OCc3cccc([N+](=O)[O-])c3)cc2)C(=O)O1. The molecule has 0 N–H and O–H groups in total. The van der Waals surface area contributed by atoms with Gasteiger partial charge in [0.25, 0.3) is 5.69 Å². The number of nitro benzene ring substituents is 1. The third-order valence-corrected chi connectivity index (χ3v) is 4.19. The summed E-state index contributed by atoms with van der Waals surface area (Å²) >= 11 is 0. The number of hydrogen-bond acceptors (Lipinski definition) is 6. The van der Waals surface area contributed by atoms with Gasteiger partial charge in [0, 0.05) is 37.9 Å². The highest BCUT2D eigenvalue weighted by Gasteiger charge is 2.28. The maximum atomic E-state index is 12.1. The van der Waals surface area contributed by atoms with Crippen molar-refractivity contribution in [2.75, 3.05) is 25.2 Å². The molecule has 1 atom stereocenters. The lowest BCUT2D eigenvalue weighted by Gasteiger charge is -2.31. The van der Waals surface area contributed by atoms with Crippen molar-refractivity contribution in [3.8, 4) is 5.75 Å². The molecule has 27 heavy (non-hydrogen) atoms. The average Bonchev–Trinajstić information content (AvgIpc) is 2.67. The first-order valence-electron chi connectivity index (χ1n) is 8.50. The van der Waals surface area contributed by atoms with Crippen LogP contribution >= 0.6 is 0 Å². The number of nitro groups is 1. The van der Waals surface area contributed by atoms with Crippen LogP contribution in [-0.4, -0.2) is 37.4 Å². The largest absolute Gasteiger partial charge is 0.489 e. The van der Waals surface area contributed by atoms with Crippen LogP contribution in [0.4, 0.5) is 16.2 Å². The lowest BCUT2D eigenvalue weighted by molar-refractivity contribution is -0.384. The van der Waals surface area contributed by atoms with E-state index >= 15 is 0 Å². The second kappa shape index (κ2) is 8.50. The summed E-state index contributed by atoms with van der Waals surface area (Å²) in [5.74, 6) is 0.605. The lowest BCUT2D eigenvalue weighted by Crippen LogP contribution is -2.43. The molecule has 0 spiro atoms. The first-order chi connectivity index (χ1) is 13.1. The van der Waals surface area contributed by atoms with Gasteiger partial charge >= 0.3 is 6.09 Å². The molecule has 1 saturated heterocycles. The Morgan fingerprint density at radius 2 is 2.04 bits per heavy atom. The molecule has 1 fully saturated rings. The normalized spacial score (nSPS) is 16.7. The molecule has 1 aliphatic heterocycles. The summed E-state index contributed by atoms with van der Waals surface area (Å²) < 4.78 is 16.0. The number of amides is 1. The zero-order valence-corrected chi connectivity index (χ0v) is 14.9. The smallest absolute Gasteiger partial charge is 0.414 e. The first kappa shape index (κ1) is 18.7. The number of carbonyl (C=O) groups is 1. The predicted octanol–water partition coefficient (Wildman–Crippen LogP) is 3.54. The third kappa shape index (κ3) is 4.73. The Balaban J connectivity index is 1.58. The topological polar surface area (TPSA) is 91.1 Å². The number of rotatable bonds is 7. The minimum absolute atomic E-state index is 0.0295. The molecule has 1 unspecified atom stereocenters. The van der Waals surface area contributed by atoms with Gasteiger partial charge < -0.3 is 14.2 Å². The van der Waals surface area contributed by atoms with E-state index in [1.165, 1.54) is 12.1 Å². The molecule has 0 saturated carbocycles. The van der Waals surface area contributed by atoms with Gasteiger partial charge in [0.05, 0.1) is 11.5 Å².